The molecular weight excluding hydrogens is 650 g/mol. The third kappa shape index (κ3) is 5.31. The van der Waals surface area contributed by atoms with Gasteiger partial charge in [0.05, 0.1) is 25.9 Å². The number of fused-ring (bicyclic) bond motifs is 5. The number of nitrogens with one attached hydrogen (secondary N) is 1. The number of aromatic amines is 1. The van der Waals surface area contributed by atoms with Crippen molar-refractivity contribution in [3.63, 3.8) is 0 Å². The van der Waals surface area contributed by atoms with Crippen molar-refractivity contribution in [2.45, 2.75) is 49.1 Å². The fourth-order valence-corrected chi connectivity index (χ4v) is 7.19. The predicted molar refractivity (Wildman–Crippen MR) is 143 cm³/mol. The van der Waals surface area contributed by atoms with Crippen LogP contribution in [-0.2, 0) is 36.7 Å². The van der Waals surface area contributed by atoms with Gasteiger partial charge in [0.2, 0.25) is 5.95 Å². The number of aliphatic hydroxyl groups is 2. The Bertz CT molecular complexity index is 1940. The summed E-state index contributed by atoms with van der Waals surface area (Å²) in [5, 5.41) is 22.1. The van der Waals surface area contributed by atoms with Crippen LogP contribution in [0.4, 0.5) is 11.8 Å². The third-order valence-electron chi connectivity index (χ3n) is 7.32. The number of hydrogen-bond donors (Lipinski definition) is 7. The van der Waals surface area contributed by atoms with Crippen LogP contribution in [0, 0.1) is 0 Å². The highest BCUT2D eigenvalue weighted by Crippen LogP contribution is 2.53. The summed E-state index contributed by atoms with van der Waals surface area (Å²) < 4.78 is 61.0. The maximum atomic E-state index is 13.2. The van der Waals surface area contributed by atoms with Gasteiger partial charge in [0.1, 0.15) is 48.5 Å². The molecule has 0 aromatic carbocycles. The normalized spacial score (nSPS) is 37.7. The molecule has 0 radical (unpaired) electrons. The molecule has 242 valence electrons. The molecular formula is C20H24N10O13P2. The van der Waals surface area contributed by atoms with Crippen LogP contribution in [0.1, 0.15) is 12.5 Å². The van der Waals surface area contributed by atoms with Crippen LogP contribution >= 0.6 is 15.6 Å². The molecule has 9 unspecified atom stereocenters. The highest BCUT2D eigenvalue weighted by Gasteiger charge is 2.54. The van der Waals surface area contributed by atoms with Crippen molar-refractivity contribution in [2.24, 2.45) is 0 Å². The van der Waals surface area contributed by atoms with Gasteiger partial charge < -0.3 is 40.9 Å². The fraction of sp³-hybridized carbons (Fsp3) is 0.500. The SMILES string of the molecule is Nc1nc2c(ncn2C2OC3COP(=O)(O)OC4C(COP(=O)(O)O[C@@H]2C3O)OC(n2cnc3c(N)ncnc32)C4O)c(=O)[nH]1. The number of H-pyrrole nitrogens is 1. The molecule has 7 heterocycles. The second-order valence-corrected chi connectivity index (χ2v) is 13.0. The Balaban J connectivity index is 1.21. The molecule has 25 heteroatoms. The van der Waals surface area contributed by atoms with E-state index in [1.54, 1.807) is 0 Å². The number of aliphatic hydroxyl groups excluding tert-OH is 2. The zero-order chi connectivity index (χ0) is 31.8. The number of phosphoric acid groups is 2. The van der Waals surface area contributed by atoms with Crippen LogP contribution in [0.5, 0.6) is 0 Å². The maximum Gasteiger partial charge on any atom is 0.472 e. The van der Waals surface area contributed by atoms with Crippen molar-refractivity contribution in [3.05, 3.63) is 29.3 Å². The molecule has 3 aliphatic heterocycles. The standard InChI is InChI=1S/C20H24N10O13P2/c21-14-8-15(24-3-23-14)29(4-25-8)18-11(32)12-7(41-18)2-39-45(36,37)43-13-10(31)6(1-38-44(34,35)42-12)40-19(13)30-5-26-9-16(30)27-20(22)28-17(9)33/h3-7,10-13,18-19,31-32H,1-2H2,(H,34,35)(H,36,37)(H2,21,23,24)(H3,22,27,28,33)/t6?,7?,10?,11?,12?,13-,18?,19?/m1/s1. The van der Waals surface area contributed by atoms with E-state index in [1.165, 1.54) is 10.9 Å². The van der Waals surface area contributed by atoms with E-state index in [4.69, 9.17) is 39.0 Å². The quantitative estimate of drug-likeness (QED) is 0.109. The van der Waals surface area contributed by atoms with E-state index >= 15 is 0 Å². The summed E-state index contributed by atoms with van der Waals surface area (Å²) in [4.78, 5) is 55.8. The lowest BCUT2D eigenvalue weighted by atomic mass is 10.1. The van der Waals surface area contributed by atoms with Gasteiger partial charge >= 0.3 is 15.6 Å². The first kappa shape index (κ1) is 30.2. The number of hydrogen-bond acceptors (Lipinski definition) is 18. The minimum absolute atomic E-state index is 0.0343. The van der Waals surface area contributed by atoms with E-state index in [9.17, 15) is 33.9 Å². The summed E-state index contributed by atoms with van der Waals surface area (Å²) in [6, 6.07) is 0. The molecule has 9 N–H and O–H groups in total. The van der Waals surface area contributed by atoms with Gasteiger partial charge in [-0.25, -0.2) is 29.1 Å². The topological polar surface area (TPSA) is 330 Å². The predicted octanol–water partition coefficient (Wildman–Crippen LogP) is -2.34. The number of ether oxygens (including phenoxy) is 2. The van der Waals surface area contributed by atoms with Crippen molar-refractivity contribution in [3.8, 4) is 0 Å². The van der Waals surface area contributed by atoms with Gasteiger partial charge in [0.15, 0.2) is 35.1 Å². The molecule has 4 aromatic heterocycles. The van der Waals surface area contributed by atoms with Crippen LogP contribution < -0.4 is 17.0 Å². The van der Waals surface area contributed by atoms with Gasteiger partial charge in [-0.15, -0.1) is 0 Å². The lowest BCUT2D eigenvalue weighted by molar-refractivity contribution is -0.0672. The molecule has 7 rings (SSSR count). The fourth-order valence-electron chi connectivity index (χ4n) is 5.30. The van der Waals surface area contributed by atoms with E-state index in [-0.39, 0.29) is 34.1 Å². The highest BCUT2D eigenvalue weighted by molar-refractivity contribution is 7.47. The number of nitrogens with zero attached hydrogens (tertiary/aromatic N) is 7. The maximum absolute atomic E-state index is 13.2. The highest BCUT2D eigenvalue weighted by atomic mass is 31.2. The summed E-state index contributed by atoms with van der Waals surface area (Å²) >= 11 is 0. The second kappa shape index (κ2) is 10.8. The molecule has 10 atom stereocenters. The second-order valence-electron chi connectivity index (χ2n) is 10.1. The summed E-state index contributed by atoms with van der Waals surface area (Å²) in [6.45, 7) is -1.65. The smallest absolute Gasteiger partial charge is 0.387 e. The Hall–Kier alpha value is -3.44. The zero-order valence-corrected chi connectivity index (χ0v) is 24.2. The number of nitrogens with two attached hydrogens (primary N) is 2. The number of anilines is 2. The molecule has 0 saturated carbocycles. The minimum atomic E-state index is -5.11. The largest absolute Gasteiger partial charge is 0.472 e. The van der Waals surface area contributed by atoms with Gasteiger partial charge in [-0.2, -0.15) is 4.98 Å². The Morgan fingerprint density at radius 3 is 2.18 bits per heavy atom. The van der Waals surface area contributed by atoms with E-state index < -0.39 is 83.5 Å². The lowest BCUT2D eigenvalue weighted by Gasteiger charge is -2.25. The number of imidazole rings is 2. The van der Waals surface area contributed by atoms with E-state index in [2.05, 4.69) is 29.9 Å². The van der Waals surface area contributed by atoms with Gasteiger partial charge in [-0.05, 0) is 0 Å². The van der Waals surface area contributed by atoms with Crippen molar-refractivity contribution < 1.29 is 56.7 Å². The molecule has 45 heavy (non-hydrogen) atoms. The Kier molecular flexibility index (Phi) is 7.27. The van der Waals surface area contributed by atoms with E-state index in [0.29, 0.717) is 0 Å². The first-order chi connectivity index (χ1) is 21.3. The van der Waals surface area contributed by atoms with Gasteiger partial charge in [0.25, 0.3) is 5.56 Å². The lowest BCUT2D eigenvalue weighted by Crippen LogP contribution is -2.36. The van der Waals surface area contributed by atoms with Crippen LogP contribution in [0.15, 0.2) is 23.8 Å². The first-order valence-corrected chi connectivity index (χ1v) is 15.9. The summed E-state index contributed by atoms with van der Waals surface area (Å²) in [5.74, 6) is -0.250. The Morgan fingerprint density at radius 2 is 1.44 bits per heavy atom. The van der Waals surface area contributed by atoms with Crippen LogP contribution in [0.3, 0.4) is 0 Å². The zero-order valence-electron chi connectivity index (χ0n) is 22.4. The number of nitrogen functional groups attached to an aromatic ring is 2. The van der Waals surface area contributed by atoms with Gasteiger partial charge in [-0.3, -0.25) is 37.0 Å². The average Bonchev–Trinajstić information content (AvgIpc) is 3.72. The van der Waals surface area contributed by atoms with Crippen LogP contribution in [-0.4, -0.2) is 109 Å². The molecule has 3 fully saturated rings. The Labute approximate surface area is 248 Å². The molecule has 0 amide bonds. The number of rotatable bonds is 2. The first-order valence-electron chi connectivity index (χ1n) is 13.0. The van der Waals surface area contributed by atoms with E-state index in [1.807, 2.05) is 0 Å². The molecule has 2 bridgehead atoms. The van der Waals surface area contributed by atoms with Crippen LogP contribution in [0.2, 0.25) is 0 Å². The Morgan fingerprint density at radius 1 is 0.822 bits per heavy atom. The van der Waals surface area contributed by atoms with Gasteiger partial charge in [0, 0.05) is 0 Å². The van der Waals surface area contributed by atoms with Crippen molar-refractivity contribution in [2.75, 3.05) is 24.7 Å². The van der Waals surface area contributed by atoms with Crippen molar-refractivity contribution in [1.29, 1.82) is 0 Å². The van der Waals surface area contributed by atoms with Crippen LogP contribution in [0.25, 0.3) is 22.3 Å². The molecule has 23 nitrogen and oxygen atoms in total. The number of aromatic nitrogens is 8. The molecule has 3 saturated heterocycles. The monoisotopic (exact) mass is 674 g/mol. The summed E-state index contributed by atoms with van der Waals surface area (Å²) in [6.07, 6.45) is -9.21. The van der Waals surface area contributed by atoms with E-state index in [0.717, 1.165) is 17.2 Å². The van der Waals surface area contributed by atoms with Crippen molar-refractivity contribution >= 4 is 49.7 Å². The molecule has 3 aliphatic rings. The number of phosphoric ester groups is 2. The van der Waals surface area contributed by atoms with Gasteiger partial charge in [-0.1, -0.05) is 0 Å². The minimum Gasteiger partial charge on any atom is -0.387 e. The molecule has 0 spiro atoms. The molecule has 0 aliphatic carbocycles. The molecule has 4 aromatic rings. The summed E-state index contributed by atoms with van der Waals surface area (Å²) in [5.41, 5.74) is 10.8. The third-order valence-corrected chi connectivity index (χ3v) is 9.29. The summed E-state index contributed by atoms with van der Waals surface area (Å²) in [7, 11) is -10.2. The van der Waals surface area contributed by atoms with Crippen molar-refractivity contribution in [1.82, 2.24) is 39.0 Å². The average molecular weight is 674 g/mol.